The van der Waals surface area contributed by atoms with E-state index in [1.165, 1.54) is 38.1 Å². The fraction of sp³-hybridized carbons (Fsp3) is 0.468. The predicted octanol–water partition coefficient (Wildman–Crippen LogP) is 2.18. The van der Waals surface area contributed by atoms with Crippen molar-refractivity contribution in [2.24, 2.45) is 11.8 Å². The molecule has 6 rings (SSSR count). The van der Waals surface area contributed by atoms with Crippen molar-refractivity contribution in [1.29, 1.82) is 0 Å². The Bertz CT molecular complexity index is 3140. The van der Waals surface area contributed by atoms with Crippen LogP contribution < -0.4 is 31.9 Å². The second-order valence-corrected chi connectivity index (χ2v) is 21.2. The molecule has 25 nitrogen and oxygen atoms in total. The van der Waals surface area contributed by atoms with E-state index in [1.807, 2.05) is 11.8 Å². The molecule has 2 aliphatic rings. The topological polar surface area (TPSA) is 358 Å². The lowest BCUT2D eigenvalue weighted by Crippen LogP contribution is -2.48. The van der Waals surface area contributed by atoms with Crippen molar-refractivity contribution in [3.05, 3.63) is 99.8 Å². The van der Waals surface area contributed by atoms with E-state index in [9.17, 15) is 53.1 Å². The second-order valence-electron chi connectivity index (χ2n) is 17.3. The predicted molar refractivity (Wildman–Crippen MR) is 263 cm³/mol. The first-order chi connectivity index (χ1) is 36.6. The minimum Gasteiger partial charge on any atom is -0.463 e. The van der Waals surface area contributed by atoms with Crippen LogP contribution in [0.2, 0.25) is 0 Å². The lowest BCUT2D eigenvalue weighted by Gasteiger charge is -2.26. The van der Waals surface area contributed by atoms with Crippen LogP contribution >= 0.6 is 15.2 Å². The maximum absolute atomic E-state index is 14.1. The van der Waals surface area contributed by atoms with E-state index in [0.29, 0.717) is 15.4 Å². The highest BCUT2D eigenvalue weighted by molar-refractivity contribution is 7.54. The zero-order valence-corrected chi connectivity index (χ0v) is 42.7. The molecule has 0 bridgehead atoms. The molecule has 2 unspecified atom stereocenters. The molecule has 2 aromatic heterocycles. The van der Waals surface area contributed by atoms with E-state index in [1.54, 1.807) is 64.1 Å². The van der Waals surface area contributed by atoms with Crippen molar-refractivity contribution >= 4 is 38.8 Å². The van der Waals surface area contributed by atoms with Gasteiger partial charge in [0, 0.05) is 0 Å². The van der Waals surface area contributed by atoms with Crippen LogP contribution in [0.3, 0.4) is 0 Å². The number of aliphatic hydroxyl groups excluding tert-OH is 2. The van der Waals surface area contributed by atoms with Crippen LogP contribution in [0.15, 0.2) is 82.6 Å². The van der Waals surface area contributed by atoms with E-state index in [2.05, 4.69) is 15.1 Å². The molecule has 2 fully saturated rings. The molecule has 2 aliphatic heterocycles. The maximum atomic E-state index is 14.1. The fourth-order valence-corrected chi connectivity index (χ4v) is 10.2. The van der Waals surface area contributed by atoms with Gasteiger partial charge in [-0.15, -0.1) is 12.8 Å². The summed E-state index contributed by atoms with van der Waals surface area (Å²) in [5.41, 5.74) is 2.86. The Morgan fingerprint density at radius 3 is 1.61 bits per heavy atom. The molecule has 2 saturated heterocycles. The van der Waals surface area contributed by atoms with Gasteiger partial charge in [0.25, 0.3) is 0 Å². The first kappa shape index (κ1) is 53.3. The summed E-state index contributed by atoms with van der Waals surface area (Å²) in [7, 11) is -9.19. The van der Waals surface area contributed by atoms with Crippen molar-refractivity contribution in [3.8, 4) is 36.2 Å². The number of aromatic nitrogens is 5. The average Bonchev–Trinajstić information content (AvgIpc) is 3.83. The van der Waals surface area contributed by atoms with Gasteiger partial charge < -0.3 is 59.9 Å². The third-order valence-corrected chi connectivity index (χ3v) is 14.2. The fourth-order valence-electron chi connectivity index (χ4n) is 6.81. The normalized spacial score (nSPS) is 26.7. The highest BCUT2D eigenvalue weighted by Crippen LogP contribution is 2.52. The quantitative estimate of drug-likeness (QED) is 0.0419. The summed E-state index contributed by atoms with van der Waals surface area (Å²) >= 11 is 0. The zero-order valence-electron chi connectivity index (χ0n) is 44.9. The number of terminal acetylenes is 2. The molecule has 0 spiro atoms. The van der Waals surface area contributed by atoms with Gasteiger partial charge in [0.2, 0.25) is 5.60 Å². The Morgan fingerprint density at radius 2 is 1.20 bits per heavy atom. The molecule has 0 aliphatic carbocycles. The number of nitrogen functional groups attached to an aromatic ring is 2. The van der Waals surface area contributed by atoms with Crippen LogP contribution in [0.4, 0.5) is 16.0 Å². The molecule has 406 valence electrons. The molecule has 4 heterocycles. The number of hydrogen-bond acceptors (Lipinski definition) is 23. The second kappa shape index (κ2) is 24.9. The maximum Gasteiger partial charge on any atom is 0.380 e. The number of halogens is 1. The summed E-state index contributed by atoms with van der Waals surface area (Å²) in [5, 5.41) is 47.4. The Balaban J connectivity index is 0.000000291. The number of rotatable bonds is 20. The van der Waals surface area contributed by atoms with Crippen LogP contribution in [-0.4, -0.2) is 130 Å². The van der Waals surface area contributed by atoms with Gasteiger partial charge in [-0.25, -0.2) is 23.1 Å². The summed E-state index contributed by atoms with van der Waals surface area (Å²) in [4.78, 5) is 56.2. The number of para-hydroxylation sites is 2. The molecular formula is C47H58FN7O18P2. The lowest BCUT2D eigenvalue weighted by molar-refractivity contribution is -0.152. The van der Waals surface area contributed by atoms with Gasteiger partial charge >= 0.3 is 38.5 Å². The van der Waals surface area contributed by atoms with Crippen LogP contribution in [0.1, 0.15) is 59.5 Å². The number of benzene rings is 2. The van der Waals surface area contributed by atoms with Crippen molar-refractivity contribution in [1.82, 2.24) is 24.3 Å². The lowest BCUT2D eigenvalue weighted by atomic mass is 9.95. The van der Waals surface area contributed by atoms with Gasteiger partial charge in [0.15, 0.2) is 29.7 Å². The van der Waals surface area contributed by atoms with Gasteiger partial charge in [0.1, 0.15) is 41.7 Å². The summed E-state index contributed by atoms with van der Waals surface area (Å²) < 4.78 is 120. The smallest absolute Gasteiger partial charge is 0.380 e. The molecule has 75 heavy (non-hydrogen) atoms. The molecule has 12 atom stereocenters. The van der Waals surface area contributed by atoms with Gasteiger partial charge in [0.05, 0.1) is 67.4 Å². The SMILES string of the molecule is [2H]C([2H])(O[P@@](=O)(C[C@@H](C)C(=O)OC(C)C)Oc1ccccc1)[C@H]1O[C@@H](n2cc(F)c(N)nc2=O)C(O)(C#C)[C@H]1O.[2H]C([2H])(O[P@@](=O)(C[C@@H](C)C(=O)OC(C)C)Oc1ccccc1)[C@H]1O[C@@H](n2ncc(N)nc2=O)C(O)(C#C)[C@H]1O. The Kier molecular flexibility index (Phi) is 17.7. The third kappa shape index (κ3) is 14.7. The number of ether oxygens (including phenoxy) is 4. The number of nitrogens with two attached hydrogens (primary N) is 2. The van der Waals surface area contributed by atoms with Gasteiger partial charge in [-0.2, -0.15) is 19.7 Å². The Hall–Kier alpha value is -6.54. The summed E-state index contributed by atoms with van der Waals surface area (Å²) in [6.07, 6.45) is -2.85. The monoisotopic (exact) mass is 1090 g/mol. The van der Waals surface area contributed by atoms with Crippen molar-refractivity contribution in [2.45, 2.75) is 102 Å². The summed E-state index contributed by atoms with van der Waals surface area (Å²) in [6.45, 7) is 2.81. The number of nitrogens with zero attached hydrogens (tertiary/aromatic N) is 5. The minimum atomic E-state index is -4.62. The highest BCUT2D eigenvalue weighted by atomic mass is 31.2. The average molecular weight is 1090 g/mol. The van der Waals surface area contributed by atoms with Gasteiger partial charge in [-0.1, -0.05) is 62.1 Å². The molecule has 0 amide bonds. The molecule has 0 radical (unpaired) electrons. The molecule has 4 aromatic rings. The zero-order chi connectivity index (χ0) is 59.2. The number of carbonyl (C=O) groups is 2. The van der Waals surface area contributed by atoms with Crippen LogP contribution in [0.25, 0.3) is 0 Å². The van der Waals surface area contributed by atoms with E-state index >= 15 is 0 Å². The standard InChI is InChI=1S/C24H29FN3O9P.C23H29N4O9P/c1-5-24(32)19(29)18(36-22(24)28-11-17(25)20(26)27-23(28)31)12-34-38(33,37-16-9-7-6-8-10-16)13-15(4)21(30)35-14(2)3;1-5-23(31)19(28)17(35-21(23)27-22(30)26-18(24)11-25-27)12-33-37(32,36-16-9-7-6-8-10-16)13-15(4)20(29)34-14(2)3/h1,6-11,14-15,18-19,22,29,32H,12-13H2,2-4H3,(H2,26,27,31);1,6-11,14-15,17,19,21,28,31H,12-13H2,2-4H3,(H2,24,26,30)/t15-,18-,19+,22-,24?,38+;15-,17-,19+,21-,23?,37+/m11/s1/i2*12D2. The summed E-state index contributed by atoms with van der Waals surface area (Å²) in [6, 6.07) is 15.2. The first-order valence-corrected chi connectivity index (χ1v) is 25.9. The summed E-state index contributed by atoms with van der Waals surface area (Å²) in [5.74, 6) is -2.09. The number of aliphatic hydroxyl groups is 4. The van der Waals surface area contributed by atoms with Crippen molar-refractivity contribution in [3.63, 3.8) is 0 Å². The van der Waals surface area contributed by atoms with Gasteiger partial charge in [-0.3, -0.25) is 23.2 Å². The molecule has 2 aromatic carbocycles. The van der Waals surface area contributed by atoms with Crippen molar-refractivity contribution < 1.29 is 86.1 Å². The highest BCUT2D eigenvalue weighted by Gasteiger charge is 2.58. The number of hydrogen-bond donors (Lipinski definition) is 6. The molecule has 8 N–H and O–H groups in total. The van der Waals surface area contributed by atoms with E-state index in [-0.39, 0.29) is 17.3 Å². The third-order valence-electron chi connectivity index (χ3n) is 10.5. The van der Waals surface area contributed by atoms with E-state index in [0.717, 1.165) is 6.20 Å². The molecular weight excluding hydrogens is 1030 g/mol. The van der Waals surface area contributed by atoms with Gasteiger partial charge in [-0.05, 0) is 52.0 Å². The van der Waals surface area contributed by atoms with E-state index in [4.69, 9.17) is 66.8 Å². The minimum absolute atomic E-state index is 0.00642. The van der Waals surface area contributed by atoms with Crippen LogP contribution in [0, 0.1) is 42.3 Å². The number of anilines is 2. The number of carbonyl (C=O) groups excluding carboxylic acids is 2. The van der Waals surface area contributed by atoms with Crippen molar-refractivity contribution in [2.75, 3.05) is 36.9 Å². The van der Waals surface area contributed by atoms with Crippen LogP contribution in [-0.2, 0) is 46.7 Å². The molecule has 0 saturated carbocycles. The van der Waals surface area contributed by atoms with E-state index < -0.39 is 148 Å². The van der Waals surface area contributed by atoms with Crippen LogP contribution in [0.5, 0.6) is 11.5 Å². The molecule has 28 heteroatoms. The number of esters is 2. The Labute approximate surface area is 434 Å². The Morgan fingerprint density at radius 1 is 0.773 bits per heavy atom. The first-order valence-electron chi connectivity index (χ1n) is 24.5. The largest absolute Gasteiger partial charge is 0.463 e.